The van der Waals surface area contributed by atoms with Crippen molar-refractivity contribution < 1.29 is 18.4 Å². The first-order valence-electron chi connectivity index (χ1n) is 6.06. The maximum absolute atomic E-state index is 11.5. The van der Waals surface area contributed by atoms with E-state index >= 15 is 0 Å². The summed E-state index contributed by atoms with van der Waals surface area (Å²) >= 11 is 1.54. The predicted molar refractivity (Wildman–Crippen MR) is 75.1 cm³/mol. The van der Waals surface area contributed by atoms with E-state index in [1.54, 1.807) is 18.2 Å². The van der Waals surface area contributed by atoms with Crippen LogP contribution in [0.1, 0.15) is 10.8 Å². The van der Waals surface area contributed by atoms with Crippen LogP contribution in [0.25, 0.3) is 17.7 Å². The van der Waals surface area contributed by atoms with Gasteiger partial charge in [0.2, 0.25) is 0 Å². The lowest BCUT2D eigenvalue weighted by atomic mass is 10.4. The third kappa shape index (κ3) is 3.46. The Bertz CT molecular complexity index is 729. The molecule has 3 aromatic heterocycles. The molecule has 0 saturated carbocycles. The van der Waals surface area contributed by atoms with Gasteiger partial charge in [0.1, 0.15) is 0 Å². The van der Waals surface area contributed by atoms with Crippen LogP contribution in [0.5, 0.6) is 0 Å². The average Bonchev–Trinajstić information content (AvgIpc) is 3.24. The highest BCUT2D eigenvalue weighted by atomic mass is 32.1. The first-order chi connectivity index (χ1) is 10.3. The van der Waals surface area contributed by atoms with Crippen LogP contribution in [-0.2, 0) is 16.1 Å². The van der Waals surface area contributed by atoms with Crippen molar-refractivity contribution >= 4 is 23.4 Å². The summed E-state index contributed by atoms with van der Waals surface area (Å²) in [6, 6.07) is 7.23. The molecule has 0 saturated heterocycles. The Hall–Kier alpha value is -2.67. The van der Waals surface area contributed by atoms with E-state index in [4.69, 9.17) is 13.6 Å². The van der Waals surface area contributed by atoms with E-state index in [9.17, 15) is 4.79 Å². The molecular formula is C14H10N2O4S. The summed E-state index contributed by atoms with van der Waals surface area (Å²) in [4.78, 5) is 12.5. The third-order valence-corrected chi connectivity index (χ3v) is 3.30. The predicted octanol–water partition coefficient (Wildman–Crippen LogP) is 3.15. The zero-order valence-corrected chi connectivity index (χ0v) is 11.6. The lowest BCUT2D eigenvalue weighted by molar-refractivity contribution is -0.139. The highest BCUT2D eigenvalue weighted by Crippen LogP contribution is 2.18. The molecule has 0 aliphatic carbocycles. The second-order valence-electron chi connectivity index (χ2n) is 3.93. The molecule has 3 rings (SSSR count). The van der Waals surface area contributed by atoms with Crippen molar-refractivity contribution in [2.24, 2.45) is 0 Å². The lowest BCUT2D eigenvalue weighted by Gasteiger charge is -1.96. The van der Waals surface area contributed by atoms with Crippen LogP contribution in [0.3, 0.4) is 0 Å². The topological polar surface area (TPSA) is 78.4 Å². The van der Waals surface area contributed by atoms with Crippen LogP contribution in [0, 0.1) is 0 Å². The molecule has 3 heterocycles. The van der Waals surface area contributed by atoms with E-state index in [1.807, 2.05) is 17.5 Å². The molecule has 0 aliphatic heterocycles. The van der Waals surface area contributed by atoms with Gasteiger partial charge in [-0.2, -0.15) is 0 Å². The fraction of sp³-hybridized carbons (Fsp3) is 0.0714. The second-order valence-corrected chi connectivity index (χ2v) is 4.91. The molecular weight excluding hydrogens is 292 g/mol. The van der Waals surface area contributed by atoms with Crippen LogP contribution in [0.2, 0.25) is 0 Å². The summed E-state index contributed by atoms with van der Waals surface area (Å²) < 4.78 is 15.4. The number of esters is 1. The fourth-order valence-electron chi connectivity index (χ4n) is 1.53. The van der Waals surface area contributed by atoms with Gasteiger partial charge in [0.25, 0.3) is 11.8 Å². The van der Waals surface area contributed by atoms with Gasteiger partial charge in [-0.25, -0.2) is 4.79 Å². The normalized spacial score (nSPS) is 11.0. The third-order valence-electron chi connectivity index (χ3n) is 2.46. The van der Waals surface area contributed by atoms with Gasteiger partial charge in [-0.3, -0.25) is 0 Å². The summed E-state index contributed by atoms with van der Waals surface area (Å²) in [6.45, 7) is -0.0820. The van der Waals surface area contributed by atoms with E-state index in [2.05, 4.69) is 10.2 Å². The smallest absolute Gasteiger partial charge is 0.331 e. The highest BCUT2D eigenvalue weighted by molar-refractivity contribution is 7.10. The van der Waals surface area contributed by atoms with Crippen molar-refractivity contribution in [3.8, 4) is 11.7 Å². The lowest BCUT2D eigenvalue weighted by Crippen LogP contribution is -2.00. The molecule has 0 spiro atoms. The molecule has 21 heavy (non-hydrogen) atoms. The quantitative estimate of drug-likeness (QED) is 0.532. The van der Waals surface area contributed by atoms with E-state index in [0.29, 0.717) is 5.76 Å². The molecule has 0 radical (unpaired) electrons. The molecule has 106 valence electrons. The Labute approximate surface area is 123 Å². The van der Waals surface area contributed by atoms with E-state index in [-0.39, 0.29) is 18.4 Å². The first kappa shape index (κ1) is 13.3. The number of hydrogen-bond acceptors (Lipinski definition) is 7. The van der Waals surface area contributed by atoms with Crippen molar-refractivity contribution in [1.82, 2.24) is 10.2 Å². The Morgan fingerprint density at radius 2 is 2.29 bits per heavy atom. The van der Waals surface area contributed by atoms with Gasteiger partial charge in [-0.1, -0.05) is 6.07 Å². The monoisotopic (exact) mass is 302 g/mol. The first-order valence-corrected chi connectivity index (χ1v) is 6.94. The number of nitrogens with zero attached hydrogens (tertiary/aromatic N) is 2. The number of rotatable bonds is 5. The molecule has 7 heteroatoms. The number of carbonyl (C=O) groups excluding carboxylic acids is 1. The number of carbonyl (C=O) groups is 1. The van der Waals surface area contributed by atoms with Crippen LogP contribution in [-0.4, -0.2) is 16.2 Å². The largest absolute Gasteiger partial charge is 0.459 e. The van der Waals surface area contributed by atoms with Crippen LogP contribution < -0.4 is 0 Å². The maximum atomic E-state index is 11.5. The summed E-state index contributed by atoms with van der Waals surface area (Å²) in [5, 5.41) is 9.51. The van der Waals surface area contributed by atoms with Gasteiger partial charge >= 0.3 is 5.97 Å². The minimum Gasteiger partial charge on any atom is -0.459 e. The number of aromatic nitrogens is 2. The van der Waals surface area contributed by atoms with Gasteiger partial charge < -0.3 is 13.6 Å². The molecule has 0 fully saturated rings. The maximum Gasteiger partial charge on any atom is 0.331 e. The summed E-state index contributed by atoms with van der Waals surface area (Å²) in [5.41, 5.74) is 0. The van der Waals surface area contributed by atoms with Crippen LogP contribution in [0.15, 0.2) is 50.8 Å². The summed E-state index contributed by atoms with van der Waals surface area (Å²) in [5.74, 6) is 0.457. The molecule has 0 atom stereocenters. The van der Waals surface area contributed by atoms with Gasteiger partial charge in [-0.15, -0.1) is 21.5 Å². The molecule has 3 aromatic rings. The minimum atomic E-state index is -0.471. The van der Waals surface area contributed by atoms with Crippen molar-refractivity contribution in [1.29, 1.82) is 0 Å². The average molecular weight is 302 g/mol. The Morgan fingerprint density at radius 3 is 3.05 bits per heavy atom. The van der Waals surface area contributed by atoms with Crippen LogP contribution >= 0.6 is 11.3 Å². The molecule has 6 nitrogen and oxygen atoms in total. The Morgan fingerprint density at radius 1 is 1.33 bits per heavy atom. The number of hydrogen-bond donors (Lipinski definition) is 0. The standard InChI is InChI=1S/C14H10N2O4S/c17-13(6-5-10-3-2-8-21-10)19-9-12-15-16-14(20-12)11-4-1-7-18-11/h1-8H,9H2/b6-5+. The van der Waals surface area contributed by atoms with Gasteiger partial charge in [0.15, 0.2) is 12.4 Å². The molecule has 0 bridgehead atoms. The van der Waals surface area contributed by atoms with Crippen molar-refractivity contribution in [3.05, 3.63) is 52.8 Å². The van der Waals surface area contributed by atoms with Gasteiger partial charge in [-0.05, 0) is 29.7 Å². The van der Waals surface area contributed by atoms with Crippen molar-refractivity contribution in [3.63, 3.8) is 0 Å². The Balaban J connectivity index is 1.54. The molecule has 0 aromatic carbocycles. The Kier molecular flexibility index (Phi) is 3.92. The minimum absolute atomic E-state index is 0.0820. The molecule has 0 N–H and O–H groups in total. The molecule has 0 aliphatic rings. The van der Waals surface area contributed by atoms with E-state index in [1.165, 1.54) is 23.7 Å². The summed E-state index contributed by atoms with van der Waals surface area (Å²) in [6.07, 6.45) is 4.55. The number of thiophene rings is 1. The molecule has 0 unspecified atom stereocenters. The highest BCUT2D eigenvalue weighted by Gasteiger charge is 2.11. The zero-order valence-electron chi connectivity index (χ0n) is 10.8. The zero-order chi connectivity index (χ0) is 14.5. The second kappa shape index (κ2) is 6.19. The number of ether oxygens (including phenoxy) is 1. The fourth-order valence-corrected chi connectivity index (χ4v) is 2.15. The SMILES string of the molecule is O=C(/C=C/c1cccs1)OCc1nnc(-c2ccco2)o1. The summed E-state index contributed by atoms with van der Waals surface area (Å²) in [7, 11) is 0. The van der Waals surface area contributed by atoms with E-state index < -0.39 is 5.97 Å². The van der Waals surface area contributed by atoms with Crippen molar-refractivity contribution in [2.45, 2.75) is 6.61 Å². The van der Waals surface area contributed by atoms with Crippen LogP contribution in [0.4, 0.5) is 0 Å². The van der Waals surface area contributed by atoms with Gasteiger partial charge in [0.05, 0.1) is 6.26 Å². The van der Waals surface area contributed by atoms with E-state index in [0.717, 1.165) is 4.88 Å². The van der Waals surface area contributed by atoms with Crippen molar-refractivity contribution in [2.75, 3.05) is 0 Å². The molecule has 0 amide bonds. The number of furan rings is 1. The van der Waals surface area contributed by atoms with Gasteiger partial charge in [0, 0.05) is 11.0 Å².